The van der Waals surface area contributed by atoms with E-state index in [1.54, 1.807) is 0 Å². The lowest BCUT2D eigenvalue weighted by molar-refractivity contribution is -0.286. The molecule has 0 aromatic heterocycles. The quantitative estimate of drug-likeness (QED) is 0.198. The summed E-state index contributed by atoms with van der Waals surface area (Å²) < 4.78 is 11.5. The summed E-state index contributed by atoms with van der Waals surface area (Å²) in [4.78, 5) is 5.04. The van der Waals surface area contributed by atoms with Crippen LogP contribution in [-0.2, 0) is 14.4 Å². The highest BCUT2D eigenvalue weighted by atomic mass is 17.1. The third-order valence-corrected chi connectivity index (χ3v) is 7.60. The molecule has 5 nitrogen and oxygen atoms in total. The maximum Gasteiger partial charge on any atom is 0.0970 e. The lowest BCUT2D eigenvalue weighted by Gasteiger charge is -2.37. The Balaban J connectivity index is 1.55. The highest BCUT2D eigenvalue weighted by Gasteiger charge is 2.57. The fourth-order valence-electron chi connectivity index (χ4n) is 6.04. The normalized spacial score (nSPS) is 23.6. The summed E-state index contributed by atoms with van der Waals surface area (Å²) in [5.74, 6) is 0.144. The Kier molecular flexibility index (Phi) is 9.30. The molecule has 35 heavy (non-hydrogen) atoms. The predicted octanol–water partition coefficient (Wildman–Crippen LogP) is 6.01. The maximum atomic E-state index is 9.77. The molecule has 2 aliphatic carbocycles. The Bertz CT molecular complexity index is 971. The van der Waals surface area contributed by atoms with Gasteiger partial charge < -0.3 is 14.6 Å². The molecule has 2 aliphatic rings. The molecule has 5 heteroatoms. The molecular formula is C30H38O5. The molecule has 0 aliphatic heterocycles. The van der Waals surface area contributed by atoms with Gasteiger partial charge in [-0.3, -0.25) is 5.26 Å². The molecule has 3 unspecified atom stereocenters. The molecule has 0 saturated heterocycles. The van der Waals surface area contributed by atoms with E-state index in [9.17, 15) is 5.26 Å². The smallest absolute Gasteiger partial charge is 0.0970 e. The second-order valence-electron chi connectivity index (χ2n) is 9.56. The average Bonchev–Trinajstić information content (AvgIpc) is 3.42. The minimum atomic E-state index is -0.272. The number of hydrogen-bond acceptors (Lipinski definition) is 5. The van der Waals surface area contributed by atoms with Gasteiger partial charge in [-0.2, -0.15) is 0 Å². The van der Waals surface area contributed by atoms with Crippen LogP contribution < -0.4 is 0 Å². The van der Waals surface area contributed by atoms with E-state index in [-0.39, 0.29) is 24.0 Å². The van der Waals surface area contributed by atoms with Crippen LogP contribution in [0, 0.1) is 11.3 Å². The molecule has 1 fully saturated rings. The zero-order valence-corrected chi connectivity index (χ0v) is 20.5. The van der Waals surface area contributed by atoms with Gasteiger partial charge in [0.25, 0.3) is 0 Å². The van der Waals surface area contributed by atoms with Crippen molar-refractivity contribution in [2.45, 2.75) is 44.6 Å². The van der Waals surface area contributed by atoms with Crippen molar-refractivity contribution in [3.63, 3.8) is 0 Å². The van der Waals surface area contributed by atoms with Gasteiger partial charge in [0.1, 0.15) is 0 Å². The number of aliphatic hydroxyl groups is 1. The molecule has 2 N–H and O–H groups in total. The van der Waals surface area contributed by atoms with Crippen molar-refractivity contribution < 1.29 is 24.7 Å². The Labute approximate surface area is 209 Å². The lowest BCUT2D eigenvalue weighted by atomic mass is 9.66. The summed E-state index contributed by atoms with van der Waals surface area (Å²) in [6.45, 7) is 7.34. The van der Waals surface area contributed by atoms with Crippen molar-refractivity contribution in [1.29, 1.82) is 0 Å². The van der Waals surface area contributed by atoms with Crippen LogP contribution in [0.2, 0.25) is 0 Å². The summed E-state index contributed by atoms with van der Waals surface area (Å²) >= 11 is 0. The Hall–Kier alpha value is -2.28. The third kappa shape index (κ3) is 5.60. The second-order valence-corrected chi connectivity index (χ2v) is 9.56. The van der Waals surface area contributed by atoms with Gasteiger partial charge in [0, 0.05) is 37.8 Å². The second kappa shape index (κ2) is 12.6. The fraction of sp³-hybridized carbons (Fsp3) is 0.467. The van der Waals surface area contributed by atoms with E-state index in [4.69, 9.17) is 19.5 Å². The van der Waals surface area contributed by atoms with Gasteiger partial charge in [-0.05, 0) is 60.8 Å². The first kappa shape index (κ1) is 25.8. The summed E-state index contributed by atoms with van der Waals surface area (Å²) in [6.07, 6.45) is 4.73. The van der Waals surface area contributed by atoms with Crippen LogP contribution in [0.3, 0.4) is 0 Å². The summed E-state index contributed by atoms with van der Waals surface area (Å²) in [7, 11) is 0. The van der Waals surface area contributed by atoms with E-state index in [0.717, 1.165) is 43.2 Å². The maximum absolute atomic E-state index is 9.77. The zero-order valence-electron chi connectivity index (χ0n) is 20.5. The van der Waals surface area contributed by atoms with E-state index in [2.05, 4.69) is 61.2 Å². The minimum Gasteiger partial charge on any atom is -0.396 e. The van der Waals surface area contributed by atoms with E-state index < -0.39 is 0 Å². The first-order valence-electron chi connectivity index (χ1n) is 12.8. The topological polar surface area (TPSA) is 68.2 Å². The lowest BCUT2D eigenvalue weighted by Crippen LogP contribution is -2.30. The average molecular weight is 479 g/mol. The summed E-state index contributed by atoms with van der Waals surface area (Å²) in [5.41, 5.74) is 5.91. The van der Waals surface area contributed by atoms with Crippen LogP contribution in [0.25, 0.3) is 11.1 Å². The van der Waals surface area contributed by atoms with E-state index in [1.165, 1.54) is 16.7 Å². The minimum absolute atomic E-state index is 0.144. The Morgan fingerprint density at radius 1 is 0.914 bits per heavy atom. The van der Waals surface area contributed by atoms with Gasteiger partial charge >= 0.3 is 0 Å². The van der Waals surface area contributed by atoms with E-state index >= 15 is 0 Å². The Morgan fingerprint density at radius 2 is 1.57 bits per heavy atom. The van der Waals surface area contributed by atoms with Gasteiger partial charge in [0.15, 0.2) is 0 Å². The number of aliphatic hydroxyl groups excluding tert-OH is 1. The Morgan fingerprint density at radius 3 is 2.26 bits per heavy atom. The molecule has 188 valence electrons. The molecule has 2 aromatic carbocycles. The van der Waals surface area contributed by atoms with Crippen molar-refractivity contribution in [3.05, 3.63) is 83.9 Å². The highest BCUT2D eigenvalue weighted by molar-refractivity contribution is 5.90. The van der Waals surface area contributed by atoms with Crippen molar-refractivity contribution in [1.82, 2.24) is 0 Å². The number of benzene rings is 2. The van der Waals surface area contributed by atoms with Gasteiger partial charge in [0.2, 0.25) is 0 Å². The molecular weight excluding hydrogens is 440 g/mol. The molecule has 0 amide bonds. The van der Waals surface area contributed by atoms with Gasteiger partial charge in [-0.1, -0.05) is 72.8 Å². The molecule has 0 bridgehead atoms. The van der Waals surface area contributed by atoms with Crippen molar-refractivity contribution in [2.75, 3.05) is 33.0 Å². The van der Waals surface area contributed by atoms with Crippen molar-refractivity contribution in [2.24, 2.45) is 11.3 Å². The van der Waals surface area contributed by atoms with Gasteiger partial charge in [-0.25, -0.2) is 4.89 Å². The monoisotopic (exact) mass is 478 g/mol. The number of rotatable bonds is 14. The summed E-state index contributed by atoms with van der Waals surface area (Å²) in [5, 5.41) is 18.6. The molecule has 2 aromatic rings. The van der Waals surface area contributed by atoms with Crippen LogP contribution in [0.5, 0.6) is 0 Å². The predicted molar refractivity (Wildman–Crippen MR) is 139 cm³/mol. The van der Waals surface area contributed by atoms with Crippen LogP contribution >= 0.6 is 0 Å². The molecule has 0 spiro atoms. The van der Waals surface area contributed by atoms with Crippen LogP contribution in [0.15, 0.2) is 72.8 Å². The van der Waals surface area contributed by atoms with Crippen LogP contribution in [-0.4, -0.2) is 49.5 Å². The third-order valence-electron chi connectivity index (χ3n) is 7.60. The summed E-state index contributed by atoms with van der Waals surface area (Å²) in [6, 6.07) is 21.0. The largest absolute Gasteiger partial charge is 0.396 e. The number of allylic oxidation sites excluding steroid dienone is 2. The zero-order chi connectivity index (χ0) is 24.5. The fourth-order valence-corrected chi connectivity index (χ4v) is 6.04. The van der Waals surface area contributed by atoms with Crippen molar-refractivity contribution in [3.8, 4) is 0 Å². The standard InChI is InChI=1S/C30H38O5/c1-23(24-10-4-2-5-11-24)30-16-14-28(35-32)27(30)22-26(29(30)25-12-6-3-7-13-25)15-21-34-20-9-19-33-18-8-17-31/h2-7,10-13,27-28,31-32H,1,8-9,14-22H2. The van der Waals surface area contributed by atoms with Crippen LogP contribution in [0.1, 0.15) is 49.7 Å². The first-order chi connectivity index (χ1) is 17.2. The molecule has 0 radical (unpaired) electrons. The number of fused-ring (bicyclic) bond motifs is 1. The molecule has 0 heterocycles. The first-order valence-corrected chi connectivity index (χ1v) is 12.8. The number of ether oxygens (including phenoxy) is 2. The van der Waals surface area contributed by atoms with Gasteiger partial charge in [-0.15, -0.1) is 0 Å². The van der Waals surface area contributed by atoms with E-state index in [0.29, 0.717) is 32.8 Å². The molecule has 3 atom stereocenters. The van der Waals surface area contributed by atoms with Crippen molar-refractivity contribution >= 4 is 11.1 Å². The van der Waals surface area contributed by atoms with Crippen LogP contribution in [0.4, 0.5) is 0 Å². The molecule has 4 rings (SSSR count). The van der Waals surface area contributed by atoms with E-state index in [1.807, 2.05) is 6.07 Å². The number of hydrogen-bond donors (Lipinski definition) is 2. The van der Waals surface area contributed by atoms with Gasteiger partial charge in [0.05, 0.1) is 12.7 Å². The SMILES string of the molecule is C=C(c1ccccc1)C12CCC(OO)C1CC(CCOCCCOCCCO)=C2c1ccccc1. The molecule has 1 saturated carbocycles. The highest BCUT2D eigenvalue weighted by Crippen LogP contribution is 2.66.